The Hall–Kier alpha value is -3.72. The number of aromatic hydroxyl groups is 1. The van der Waals surface area contributed by atoms with Crippen LogP contribution in [0.1, 0.15) is 152 Å². The van der Waals surface area contributed by atoms with Crippen LogP contribution in [0.2, 0.25) is 0 Å². The summed E-state index contributed by atoms with van der Waals surface area (Å²) < 4.78 is 55.3. The topological polar surface area (TPSA) is 203 Å². The van der Waals surface area contributed by atoms with Crippen LogP contribution in [0.3, 0.4) is 0 Å². The minimum Gasteiger partial charge on any atom is -0.505 e. The van der Waals surface area contributed by atoms with Gasteiger partial charge in [-0.2, -0.15) is 0 Å². The fourth-order valence-electron chi connectivity index (χ4n) is 10.5. The predicted molar refractivity (Wildman–Crippen MR) is 259 cm³/mol. The van der Waals surface area contributed by atoms with Crippen LogP contribution in [0.15, 0.2) is 30.3 Å². The average molecular weight is 958 g/mol. The molecule has 6 unspecified atom stereocenters. The third-order valence-electron chi connectivity index (χ3n) is 14.6. The van der Waals surface area contributed by atoms with E-state index in [1.54, 1.807) is 0 Å². The largest absolute Gasteiger partial charge is 0.530 e. The zero-order valence-electron chi connectivity index (χ0n) is 41.1. The molecule has 3 amide bonds. The Bertz CT molecular complexity index is 1930. The van der Waals surface area contributed by atoms with Crippen LogP contribution in [0.5, 0.6) is 17.2 Å². The number of rotatable bonds is 31. The number of phosphoric ester groups is 1. The zero-order chi connectivity index (χ0) is 48.4. The van der Waals surface area contributed by atoms with Gasteiger partial charge in [-0.3, -0.25) is 23.4 Å². The maximum absolute atomic E-state index is 14.3. The Labute approximate surface area is 399 Å². The maximum Gasteiger partial charge on any atom is 0.530 e. The number of hydrogen-bond acceptors (Lipinski definition) is 12. The van der Waals surface area contributed by atoms with Crippen molar-refractivity contribution in [1.82, 2.24) is 5.32 Å². The summed E-state index contributed by atoms with van der Waals surface area (Å²) in [5.74, 6) is 0.796. The minimum absolute atomic E-state index is 0.00206. The Kier molecular flexibility index (Phi) is 21.8. The van der Waals surface area contributed by atoms with Gasteiger partial charge in [-0.15, -0.1) is 0 Å². The van der Waals surface area contributed by atoms with Gasteiger partial charge in [-0.1, -0.05) is 79.2 Å². The van der Waals surface area contributed by atoms with Crippen molar-refractivity contribution >= 4 is 31.2 Å². The van der Waals surface area contributed by atoms with Crippen molar-refractivity contribution in [3.8, 4) is 17.2 Å². The van der Waals surface area contributed by atoms with E-state index < -0.39 is 25.4 Å². The summed E-state index contributed by atoms with van der Waals surface area (Å²) >= 11 is 0. The first-order valence-electron chi connectivity index (χ1n) is 25.0. The molecule has 0 saturated heterocycles. The third kappa shape index (κ3) is 15.1. The van der Waals surface area contributed by atoms with Crippen molar-refractivity contribution in [2.75, 3.05) is 65.2 Å². The van der Waals surface area contributed by atoms with Crippen LogP contribution in [0.25, 0.3) is 0 Å². The molecule has 0 aliphatic heterocycles. The summed E-state index contributed by atoms with van der Waals surface area (Å²) in [4.78, 5) is 36.7. The monoisotopic (exact) mass is 958 g/mol. The number of nitrogens with two attached hydrogens (primary N) is 1. The molecule has 16 heteroatoms. The number of methoxy groups -OCH3 is 1. The van der Waals surface area contributed by atoms with Crippen molar-refractivity contribution in [3.05, 3.63) is 47.0 Å². The van der Waals surface area contributed by atoms with E-state index in [0.29, 0.717) is 61.7 Å². The molecule has 0 heterocycles. The third-order valence-corrected chi connectivity index (χ3v) is 15.9. The summed E-state index contributed by atoms with van der Waals surface area (Å²) in [5.41, 5.74) is 7.81. The lowest BCUT2D eigenvalue weighted by Gasteiger charge is -2.50. The summed E-state index contributed by atoms with van der Waals surface area (Å²) in [6.07, 6.45) is 15.1. The van der Waals surface area contributed by atoms with E-state index in [2.05, 4.69) is 57.4 Å². The highest BCUT2D eigenvalue weighted by Crippen LogP contribution is 2.62. The Morgan fingerprint density at radius 1 is 0.881 bits per heavy atom. The Morgan fingerprint density at radius 2 is 1.58 bits per heavy atom. The van der Waals surface area contributed by atoms with Crippen molar-refractivity contribution in [1.29, 1.82) is 0 Å². The van der Waals surface area contributed by atoms with Crippen molar-refractivity contribution < 1.29 is 56.6 Å². The standard InChI is InChI=1S/C51H80N3O12P/c1-7-11-13-35(9-3)32-64-67(59,65-33-36(10-4)14-12-8-2)66-38-16-18-39-37(31-38)15-17-41-40(39)23-25-51(5)42(41)19-22-45(51)63-27-24-46(55)53-26-28-61-29-30-62-34-47(56)54-43-20-21-44(60-6)48(49(43)57)50(52)58/h16,18,20-21,31,35-36,40-42,45,57H,7-15,17,19,22-30,32-34H2,1-6H3,(H2,52,58)(H,53,55)(H,54,56)/t35?,36?,40?,41?,42?,45-,51?,67?/m1/s1. The molecule has 7 atom stereocenters. The van der Waals surface area contributed by atoms with Gasteiger partial charge in [0.25, 0.3) is 5.91 Å². The maximum atomic E-state index is 14.3. The smallest absolute Gasteiger partial charge is 0.505 e. The normalized spacial score (nSPS) is 22.7. The van der Waals surface area contributed by atoms with Gasteiger partial charge in [0.1, 0.15) is 23.7 Å². The van der Waals surface area contributed by atoms with Gasteiger partial charge in [0, 0.05) is 13.0 Å². The first kappa shape index (κ1) is 54.2. The minimum atomic E-state index is -3.85. The Morgan fingerprint density at radius 3 is 2.24 bits per heavy atom. The number of primary amides is 1. The SMILES string of the molecule is CCCCC(CC)COP(=O)(OCC(CC)CCCC)Oc1ccc2c(c1)CCC1C2CCC2(C)C1CC[C@H]2OCCC(=O)NCCOCCOCC(=O)Nc1ccc(OC)c(C(N)=O)c1O. The van der Waals surface area contributed by atoms with E-state index in [0.717, 1.165) is 89.9 Å². The van der Waals surface area contributed by atoms with Gasteiger partial charge in [-0.05, 0) is 122 Å². The van der Waals surface area contributed by atoms with Crippen LogP contribution in [0.4, 0.5) is 5.69 Å². The highest BCUT2D eigenvalue weighted by molar-refractivity contribution is 7.48. The fourth-order valence-corrected chi connectivity index (χ4v) is 11.9. The number of benzene rings is 2. The number of carbonyl (C=O) groups excluding carboxylic acids is 3. The Balaban J connectivity index is 1.02. The molecule has 5 N–H and O–H groups in total. The number of phosphoric acid groups is 1. The zero-order valence-corrected chi connectivity index (χ0v) is 42.0. The van der Waals surface area contributed by atoms with Gasteiger partial charge >= 0.3 is 7.82 Å². The lowest BCUT2D eigenvalue weighted by atomic mass is 9.55. The number of nitrogens with one attached hydrogen (secondary N) is 2. The van der Waals surface area contributed by atoms with E-state index in [1.165, 1.54) is 30.4 Å². The molecule has 0 bridgehead atoms. The van der Waals surface area contributed by atoms with E-state index in [4.69, 9.17) is 38.3 Å². The number of ether oxygens (including phenoxy) is 4. The lowest BCUT2D eigenvalue weighted by molar-refractivity contribution is -0.124. The molecule has 0 aromatic heterocycles. The number of amides is 3. The van der Waals surface area contributed by atoms with Crippen molar-refractivity contribution in [2.45, 2.75) is 143 Å². The summed E-state index contributed by atoms with van der Waals surface area (Å²) in [7, 11) is -2.52. The van der Waals surface area contributed by atoms with E-state index in [9.17, 15) is 24.1 Å². The quantitative estimate of drug-likeness (QED) is 0.0317. The number of carbonyl (C=O) groups is 3. The van der Waals surface area contributed by atoms with E-state index in [1.807, 2.05) is 6.07 Å². The molecule has 2 saturated carbocycles. The molecule has 0 radical (unpaired) electrons. The highest BCUT2D eigenvalue weighted by Gasteiger charge is 2.55. The average Bonchev–Trinajstić information content (AvgIpc) is 3.65. The fraction of sp³-hybridized carbons (Fsp3) is 0.706. The number of phenols is 1. The van der Waals surface area contributed by atoms with Crippen molar-refractivity contribution in [3.63, 3.8) is 0 Å². The molecule has 5 rings (SSSR count). The second kappa shape index (κ2) is 26.9. The molecular formula is C51H80N3O12P. The van der Waals surface area contributed by atoms with Crippen LogP contribution < -0.4 is 25.6 Å². The molecule has 3 aliphatic carbocycles. The van der Waals surface area contributed by atoms with Gasteiger partial charge < -0.3 is 44.9 Å². The van der Waals surface area contributed by atoms with E-state index >= 15 is 0 Å². The van der Waals surface area contributed by atoms with Gasteiger partial charge in [0.05, 0.1) is 58.5 Å². The summed E-state index contributed by atoms with van der Waals surface area (Å²) in [6.45, 7) is 12.8. The molecule has 376 valence electrons. The summed E-state index contributed by atoms with van der Waals surface area (Å²) in [5, 5.41) is 15.7. The molecule has 67 heavy (non-hydrogen) atoms. The second-order valence-corrected chi connectivity index (χ2v) is 20.5. The lowest BCUT2D eigenvalue weighted by Crippen LogP contribution is -2.45. The number of hydrogen-bond donors (Lipinski definition) is 4. The predicted octanol–water partition coefficient (Wildman–Crippen LogP) is 9.87. The van der Waals surface area contributed by atoms with Crippen LogP contribution >= 0.6 is 7.82 Å². The van der Waals surface area contributed by atoms with Gasteiger partial charge in [-0.25, -0.2) is 4.57 Å². The second-order valence-electron chi connectivity index (χ2n) is 18.9. The molecule has 2 aromatic rings. The van der Waals surface area contributed by atoms with Crippen LogP contribution in [-0.2, 0) is 43.8 Å². The van der Waals surface area contributed by atoms with Gasteiger partial charge in [0.15, 0.2) is 5.75 Å². The molecule has 2 fully saturated rings. The first-order chi connectivity index (χ1) is 32.3. The van der Waals surface area contributed by atoms with Crippen molar-refractivity contribution in [2.24, 2.45) is 34.8 Å². The number of aryl methyl sites for hydroxylation is 1. The molecule has 0 spiro atoms. The highest BCUT2D eigenvalue weighted by atomic mass is 31.2. The molecule has 15 nitrogen and oxygen atoms in total. The number of fused-ring (bicyclic) bond motifs is 5. The summed E-state index contributed by atoms with van der Waals surface area (Å²) in [6, 6.07) is 9.06. The van der Waals surface area contributed by atoms with Crippen LogP contribution in [-0.4, -0.2) is 88.8 Å². The molecular weight excluding hydrogens is 878 g/mol. The first-order valence-corrected chi connectivity index (χ1v) is 26.5. The molecule has 3 aliphatic rings. The molecule has 2 aromatic carbocycles. The number of anilines is 1. The van der Waals surface area contributed by atoms with E-state index in [-0.39, 0.29) is 67.3 Å². The van der Waals surface area contributed by atoms with Gasteiger partial charge in [0.2, 0.25) is 11.8 Å². The van der Waals surface area contributed by atoms with Crippen LogP contribution in [0, 0.1) is 29.1 Å². The number of unbranched alkanes of at least 4 members (excludes halogenated alkanes) is 2.